The molecule has 0 bridgehead atoms. The molecule has 7 nitrogen and oxygen atoms in total. The van der Waals surface area contributed by atoms with Crippen LogP contribution in [0.25, 0.3) is 22.6 Å². The summed E-state index contributed by atoms with van der Waals surface area (Å²) in [5, 5.41) is 13.6. The molecule has 31 heavy (non-hydrogen) atoms. The van der Waals surface area contributed by atoms with Crippen molar-refractivity contribution in [2.24, 2.45) is 0 Å². The number of carbonyl (C=O) groups excluding carboxylic acids is 1. The molecule has 0 aliphatic heterocycles. The fourth-order valence-corrected chi connectivity index (χ4v) is 3.19. The summed E-state index contributed by atoms with van der Waals surface area (Å²) in [5.74, 6) is 0.828. The van der Waals surface area contributed by atoms with Gasteiger partial charge in [0.15, 0.2) is 11.7 Å². The number of nitro benzene ring substituents is 1. The van der Waals surface area contributed by atoms with E-state index in [1.807, 2.05) is 60.7 Å². The SMILES string of the molecule is O=C(CCc1nc(-c2ccccc2)c(-c2ccccc2)o1)Nc1cccc([N+](=O)[O-])c1. The third-order valence-electron chi connectivity index (χ3n) is 4.66. The quantitative estimate of drug-likeness (QED) is 0.319. The maximum Gasteiger partial charge on any atom is 0.271 e. The fourth-order valence-electron chi connectivity index (χ4n) is 3.19. The Bertz CT molecular complexity index is 1150. The second-order valence-electron chi connectivity index (χ2n) is 6.87. The molecule has 0 spiro atoms. The molecule has 154 valence electrons. The van der Waals surface area contributed by atoms with Crippen molar-refractivity contribution in [1.82, 2.24) is 4.98 Å². The van der Waals surface area contributed by atoms with E-state index in [1.54, 1.807) is 6.07 Å². The summed E-state index contributed by atoms with van der Waals surface area (Å²) in [6.45, 7) is 0. The molecule has 1 aromatic heterocycles. The lowest BCUT2D eigenvalue weighted by atomic mass is 10.1. The van der Waals surface area contributed by atoms with Gasteiger partial charge in [-0.2, -0.15) is 0 Å². The molecule has 0 aliphatic rings. The summed E-state index contributed by atoms with van der Waals surface area (Å²) in [7, 11) is 0. The minimum atomic E-state index is -0.501. The maximum atomic E-state index is 12.3. The minimum absolute atomic E-state index is 0.0782. The first-order chi connectivity index (χ1) is 15.1. The van der Waals surface area contributed by atoms with E-state index >= 15 is 0 Å². The van der Waals surface area contributed by atoms with Crippen LogP contribution in [0.2, 0.25) is 0 Å². The van der Waals surface area contributed by atoms with Crippen molar-refractivity contribution in [3.63, 3.8) is 0 Å². The standard InChI is InChI=1S/C24H19N3O4/c28-21(25-19-12-7-13-20(16-19)27(29)30)14-15-22-26-23(17-8-3-1-4-9-17)24(31-22)18-10-5-2-6-11-18/h1-13,16H,14-15H2,(H,25,28). The molecule has 0 unspecified atom stereocenters. The van der Waals surface area contributed by atoms with Crippen molar-refractivity contribution >= 4 is 17.3 Å². The van der Waals surface area contributed by atoms with E-state index < -0.39 is 4.92 Å². The van der Waals surface area contributed by atoms with E-state index in [1.165, 1.54) is 18.2 Å². The number of aromatic nitrogens is 1. The molecule has 3 aromatic carbocycles. The maximum absolute atomic E-state index is 12.3. The van der Waals surface area contributed by atoms with Gasteiger partial charge in [0, 0.05) is 41.8 Å². The molecular formula is C24H19N3O4. The molecule has 0 saturated carbocycles. The molecule has 1 N–H and O–H groups in total. The second-order valence-corrected chi connectivity index (χ2v) is 6.87. The summed E-state index contributed by atoms with van der Waals surface area (Å²) in [6, 6.07) is 25.3. The number of benzene rings is 3. The van der Waals surface area contributed by atoms with E-state index in [9.17, 15) is 14.9 Å². The Hall–Kier alpha value is -4.26. The van der Waals surface area contributed by atoms with Crippen LogP contribution in [0, 0.1) is 10.1 Å². The van der Waals surface area contributed by atoms with Crippen LogP contribution in [0.1, 0.15) is 12.3 Å². The largest absolute Gasteiger partial charge is 0.440 e. The lowest BCUT2D eigenvalue weighted by Gasteiger charge is -2.04. The Morgan fingerprint density at radius 1 is 0.935 bits per heavy atom. The van der Waals surface area contributed by atoms with Gasteiger partial charge in [-0.05, 0) is 6.07 Å². The van der Waals surface area contributed by atoms with Crippen LogP contribution in [0.5, 0.6) is 0 Å². The highest BCUT2D eigenvalue weighted by atomic mass is 16.6. The van der Waals surface area contributed by atoms with Crippen molar-refractivity contribution in [3.05, 3.63) is 101 Å². The number of nitrogens with zero attached hydrogens (tertiary/aromatic N) is 2. The highest BCUT2D eigenvalue weighted by Gasteiger charge is 2.17. The number of hydrogen-bond acceptors (Lipinski definition) is 5. The van der Waals surface area contributed by atoms with E-state index in [0.717, 1.165) is 16.8 Å². The Labute approximate surface area is 178 Å². The van der Waals surface area contributed by atoms with Crippen LogP contribution in [-0.2, 0) is 11.2 Å². The van der Waals surface area contributed by atoms with Gasteiger partial charge in [-0.15, -0.1) is 0 Å². The van der Waals surface area contributed by atoms with Gasteiger partial charge in [0.2, 0.25) is 5.91 Å². The molecule has 0 radical (unpaired) electrons. The number of rotatable bonds is 7. The van der Waals surface area contributed by atoms with Crippen molar-refractivity contribution in [2.45, 2.75) is 12.8 Å². The third-order valence-corrected chi connectivity index (χ3v) is 4.66. The number of non-ortho nitro benzene ring substituents is 1. The van der Waals surface area contributed by atoms with Crippen molar-refractivity contribution in [1.29, 1.82) is 0 Å². The first-order valence-electron chi connectivity index (χ1n) is 9.75. The lowest BCUT2D eigenvalue weighted by molar-refractivity contribution is -0.384. The molecule has 1 amide bonds. The Morgan fingerprint density at radius 2 is 1.61 bits per heavy atom. The molecule has 1 heterocycles. The van der Waals surface area contributed by atoms with Gasteiger partial charge in [-0.3, -0.25) is 14.9 Å². The monoisotopic (exact) mass is 413 g/mol. The number of oxazole rings is 1. The van der Waals surface area contributed by atoms with Crippen LogP contribution in [0.15, 0.2) is 89.3 Å². The Morgan fingerprint density at radius 3 is 2.29 bits per heavy atom. The zero-order valence-corrected chi connectivity index (χ0v) is 16.5. The summed E-state index contributed by atoms with van der Waals surface area (Å²) < 4.78 is 6.03. The molecule has 0 saturated heterocycles. The average molecular weight is 413 g/mol. The Kier molecular flexibility index (Phi) is 5.84. The summed E-state index contributed by atoms with van der Waals surface area (Å²) in [4.78, 5) is 27.4. The first kappa shape index (κ1) is 20.0. The van der Waals surface area contributed by atoms with Crippen molar-refractivity contribution in [3.8, 4) is 22.6 Å². The highest BCUT2D eigenvalue weighted by molar-refractivity contribution is 5.91. The van der Waals surface area contributed by atoms with E-state index in [0.29, 0.717) is 23.8 Å². The molecule has 0 aliphatic carbocycles. The molecule has 4 rings (SSSR count). The molecule has 7 heteroatoms. The second kappa shape index (κ2) is 9.04. The van der Waals surface area contributed by atoms with Crippen molar-refractivity contribution in [2.75, 3.05) is 5.32 Å². The fraction of sp³-hybridized carbons (Fsp3) is 0.0833. The van der Waals surface area contributed by atoms with Crippen LogP contribution in [0.3, 0.4) is 0 Å². The van der Waals surface area contributed by atoms with Crippen LogP contribution < -0.4 is 5.32 Å². The number of aryl methyl sites for hydroxylation is 1. The van der Waals surface area contributed by atoms with E-state index in [-0.39, 0.29) is 18.0 Å². The lowest BCUT2D eigenvalue weighted by Crippen LogP contribution is -2.12. The number of nitrogens with one attached hydrogen (secondary N) is 1. The topological polar surface area (TPSA) is 98.3 Å². The van der Waals surface area contributed by atoms with Crippen LogP contribution in [0.4, 0.5) is 11.4 Å². The number of amides is 1. The summed E-state index contributed by atoms with van der Waals surface area (Å²) in [5.41, 5.74) is 2.85. The molecule has 0 atom stereocenters. The average Bonchev–Trinajstić information content (AvgIpc) is 3.23. The summed E-state index contributed by atoms with van der Waals surface area (Å²) in [6.07, 6.45) is 0.430. The van der Waals surface area contributed by atoms with E-state index in [4.69, 9.17) is 4.42 Å². The number of nitro groups is 1. The van der Waals surface area contributed by atoms with Crippen LogP contribution >= 0.6 is 0 Å². The van der Waals surface area contributed by atoms with E-state index in [2.05, 4.69) is 10.3 Å². The smallest absolute Gasteiger partial charge is 0.271 e. The molecule has 0 fully saturated rings. The predicted octanol–water partition coefficient (Wildman–Crippen LogP) is 5.49. The molecular weight excluding hydrogens is 394 g/mol. The van der Waals surface area contributed by atoms with Gasteiger partial charge in [0.05, 0.1) is 4.92 Å². The number of anilines is 1. The van der Waals surface area contributed by atoms with Crippen LogP contribution in [-0.4, -0.2) is 15.8 Å². The zero-order chi connectivity index (χ0) is 21.6. The van der Waals surface area contributed by atoms with Gasteiger partial charge >= 0.3 is 0 Å². The zero-order valence-electron chi connectivity index (χ0n) is 16.5. The van der Waals surface area contributed by atoms with Gasteiger partial charge in [0.1, 0.15) is 5.69 Å². The minimum Gasteiger partial charge on any atom is -0.440 e. The predicted molar refractivity (Wildman–Crippen MR) is 117 cm³/mol. The third kappa shape index (κ3) is 4.84. The van der Waals surface area contributed by atoms with Gasteiger partial charge in [0.25, 0.3) is 5.69 Å². The molecule has 4 aromatic rings. The number of carbonyl (C=O) groups is 1. The van der Waals surface area contributed by atoms with Crippen molar-refractivity contribution < 1.29 is 14.1 Å². The van der Waals surface area contributed by atoms with Gasteiger partial charge in [-0.25, -0.2) is 4.98 Å². The van der Waals surface area contributed by atoms with Gasteiger partial charge in [-0.1, -0.05) is 66.7 Å². The normalized spacial score (nSPS) is 10.6. The van der Waals surface area contributed by atoms with Gasteiger partial charge < -0.3 is 9.73 Å². The summed E-state index contributed by atoms with van der Waals surface area (Å²) >= 11 is 0. The number of hydrogen-bond donors (Lipinski definition) is 1. The Balaban J connectivity index is 1.51. The first-order valence-corrected chi connectivity index (χ1v) is 9.75. The highest BCUT2D eigenvalue weighted by Crippen LogP contribution is 2.32.